The van der Waals surface area contributed by atoms with Gasteiger partial charge >= 0.3 is 0 Å². The summed E-state index contributed by atoms with van der Waals surface area (Å²) in [6.07, 6.45) is 5.49. The van der Waals surface area contributed by atoms with Crippen LogP contribution in [0.15, 0.2) is 24.4 Å². The Labute approximate surface area is 112 Å². The number of benzene rings is 1. The van der Waals surface area contributed by atoms with Gasteiger partial charge in [0.15, 0.2) is 0 Å². The number of fused-ring (bicyclic) bond motifs is 1. The van der Waals surface area contributed by atoms with Gasteiger partial charge in [0.05, 0.1) is 5.56 Å². The van der Waals surface area contributed by atoms with E-state index in [9.17, 15) is 4.79 Å². The highest BCUT2D eigenvalue weighted by atomic mass is 16.1. The molecule has 100 valence electrons. The molecule has 0 spiro atoms. The van der Waals surface area contributed by atoms with Gasteiger partial charge in [-0.1, -0.05) is 6.42 Å². The predicted molar refractivity (Wildman–Crippen MR) is 77.0 cm³/mol. The van der Waals surface area contributed by atoms with Gasteiger partial charge in [-0.2, -0.15) is 0 Å². The molecule has 0 bridgehead atoms. The van der Waals surface area contributed by atoms with E-state index < -0.39 is 0 Å². The largest absolute Gasteiger partial charge is 0.399 e. The van der Waals surface area contributed by atoms with E-state index in [0.717, 1.165) is 10.9 Å². The number of hydrogen-bond acceptors (Lipinski definition) is 2. The molecule has 2 aromatic rings. The topological polar surface area (TPSA) is 70.9 Å². The minimum absolute atomic E-state index is 0.0174. The maximum absolute atomic E-state index is 12.3. The van der Waals surface area contributed by atoms with E-state index in [1.54, 1.807) is 6.20 Å². The summed E-state index contributed by atoms with van der Waals surface area (Å²) in [6.45, 7) is 2.09. The van der Waals surface area contributed by atoms with Crippen molar-refractivity contribution in [3.8, 4) is 0 Å². The Morgan fingerprint density at radius 3 is 2.95 bits per heavy atom. The Balaban J connectivity index is 1.82. The number of amides is 1. The summed E-state index contributed by atoms with van der Waals surface area (Å²) >= 11 is 0. The van der Waals surface area contributed by atoms with Crippen LogP contribution in [0.25, 0.3) is 10.9 Å². The monoisotopic (exact) mass is 257 g/mol. The Morgan fingerprint density at radius 1 is 1.47 bits per heavy atom. The molecule has 0 aliphatic heterocycles. The molecule has 1 amide bonds. The Hall–Kier alpha value is -1.97. The standard InChI is InChI=1S/C15H19N3O/c1-9(10-3-2-4-10)18-15(19)13-8-17-14-6-5-11(16)7-12(13)14/h5-10,17H,2-4,16H2,1H3,(H,18,19). The summed E-state index contributed by atoms with van der Waals surface area (Å²) in [5.74, 6) is 0.621. The van der Waals surface area contributed by atoms with Crippen LogP contribution < -0.4 is 11.1 Å². The van der Waals surface area contributed by atoms with Crippen molar-refractivity contribution in [3.05, 3.63) is 30.0 Å². The van der Waals surface area contributed by atoms with Crippen LogP contribution in [-0.2, 0) is 0 Å². The van der Waals surface area contributed by atoms with Crippen molar-refractivity contribution in [1.82, 2.24) is 10.3 Å². The first-order valence-corrected chi connectivity index (χ1v) is 6.82. The smallest absolute Gasteiger partial charge is 0.253 e. The number of carbonyl (C=O) groups excluding carboxylic acids is 1. The maximum atomic E-state index is 12.3. The molecule has 1 aliphatic rings. The Morgan fingerprint density at radius 2 is 2.26 bits per heavy atom. The zero-order valence-corrected chi connectivity index (χ0v) is 11.1. The summed E-state index contributed by atoms with van der Waals surface area (Å²) in [6, 6.07) is 5.82. The van der Waals surface area contributed by atoms with E-state index in [1.165, 1.54) is 19.3 Å². The van der Waals surface area contributed by atoms with Crippen molar-refractivity contribution in [2.75, 3.05) is 5.73 Å². The van der Waals surface area contributed by atoms with Gasteiger partial charge in [-0.3, -0.25) is 4.79 Å². The molecule has 1 aliphatic carbocycles. The molecule has 4 nitrogen and oxygen atoms in total. The lowest BCUT2D eigenvalue weighted by Crippen LogP contribution is -2.40. The molecule has 4 N–H and O–H groups in total. The van der Waals surface area contributed by atoms with Crippen molar-refractivity contribution in [1.29, 1.82) is 0 Å². The lowest BCUT2D eigenvalue weighted by molar-refractivity contribution is 0.0911. The molecule has 1 atom stereocenters. The summed E-state index contributed by atoms with van der Waals surface area (Å²) in [7, 11) is 0. The average Bonchev–Trinajstić information content (AvgIpc) is 2.69. The van der Waals surface area contributed by atoms with E-state index in [4.69, 9.17) is 5.73 Å². The van der Waals surface area contributed by atoms with Crippen LogP contribution in [0, 0.1) is 5.92 Å². The van der Waals surface area contributed by atoms with Gasteiger partial charge in [0.25, 0.3) is 5.91 Å². The second-order valence-electron chi connectivity index (χ2n) is 5.46. The van der Waals surface area contributed by atoms with Crippen LogP contribution in [0.1, 0.15) is 36.5 Å². The summed E-state index contributed by atoms with van der Waals surface area (Å²) < 4.78 is 0. The maximum Gasteiger partial charge on any atom is 0.253 e. The third-order valence-electron chi connectivity index (χ3n) is 4.17. The van der Waals surface area contributed by atoms with Gasteiger partial charge in [0.2, 0.25) is 0 Å². The molecule has 1 unspecified atom stereocenters. The van der Waals surface area contributed by atoms with Crippen LogP contribution in [0.3, 0.4) is 0 Å². The van der Waals surface area contributed by atoms with Gasteiger partial charge in [0.1, 0.15) is 0 Å². The number of rotatable bonds is 3. The molecule has 0 saturated heterocycles. The number of nitrogen functional groups attached to an aromatic ring is 1. The molecule has 3 rings (SSSR count). The van der Waals surface area contributed by atoms with E-state index in [-0.39, 0.29) is 11.9 Å². The summed E-state index contributed by atoms with van der Waals surface area (Å²) in [5, 5.41) is 3.98. The fraction of sp³-hybridized carbons (Fsp3) is 0.400. The van der Waals surface area contributed by atoms with Crippen LogP contribution in [0.2, 0.25) is 0 Å². The Kier molecular flexibility index (Phi) is 2.93. The fourth-order valence-electron chi connectivity index (χ4n) is 2.67. The third-order valence-corrected chi connectivity index (χ3v) is 4.17. The highest BCUT2D eigenvalue weighted by Crippen LogP contribution is 2.29. The van der Waals surface area contributed by atoms with Gasteiger partial charge in [0, 0.05) is 28.8 Å². The van der Waals surface area contributed by atoms with Gasteiger partial charge in [-0.25, -0.2) is 0 Å². The van der Waals surface area contributed by atoms with Crippen LogP contribution >= 0.6 is 0 Å². The molecule has 1 saturated carbocycles. The first kappa shape index (κ1) is 12.1. The molecular weight excluding hydrogens is 238 g/mol. The highest BCUT2D eigenvalue weighted by Gasteiger charge is 2.25. The summed E-state index contributed by atoms with van der Waals surface area (Å²) in [4.78, 5) is 15.4. The zero-order valence-electron chi connectivity index (χ0n) is 11.1. The number of nitrogens with one attached hydrogen (secondary N) is 2. The minimum Gasteiger partial charge on any atom is -0.399 e. The van der Waals surface area contributed by atoms with Crippen molar-refractivity contribution in [3.63, 3.8) is 0 Å². The molecule has 0 radical (unpaired) electrons. The SMILES string of the molecule is CC(NC(=O)c1c[nH]c2ccc(N)cc12)C1CCC1. The number of aromatic nitrogens is 1. The zero-order chi connectivity index (χ0) is 13.4. The molecular formula is C15H19N3O. The highest BCUT2D eigenvalue weighted by molar-refractivity contribution is 6.07. The van der Waals surface area contributed by atoms with E-state index in [2.05, 4.69) is 17.2 Å². The van der Waals surface area contributed by atoms with Gasteiger partial charge < -0.3 is 16.0 Å². The van der Waals surface area contributed by atoms with Crippen LogP contribution in [-0.4, -0.2) is 16.9 Å². The lowest BCUT2D eigenvalue weighted by atomic mass is 9.80. The first-order chi connectivity index (χ1) is 9.15. The van der Waals surface area contributed by atoms with Crippen LogP contribution in [0.4, 0.5) is 5.69 Å². The average molecular weight is 257 g/mol. The molecule has 19 heavy (non-hydrogen) atoms. The fourth-order valence-corrected chi connectivity index (χ4v) is 2.67. The van der Waals surface area contributed by atoms with Gasteiger partial charge in [-0.15, -0.1) is 0 Å². The third kappa shape index (κ3) is 2.18. The number of carbonyl (C=O) groups is 1. The quantitative estimate of drug-likeness (QED) is 0.740. The predicted octanol–water partition coefficient (Wildman–Crippen LogP) is 2.67. The summed E-state index contributed by atoms with van der Waals surface area (Å²) in [5.41, 5.74) is 8.08. The second kappa shape index (κ2) is 4.61. The van der Waals surface area contributed by atoms with Crippen molar-refractivity contribution in [2.24, 2.45) is 5.92 Å². The molecule has 4 heteroatoms. The molecule has 1 aromatic heterocycles. The Bertz CT molecular complexity index is 613. The van der Waals surface area contributed by atoms with Crippen molar-refractivity contribution < 1.29 is 4.79 Å². The lowest BCUT2D eigenvalue weighted by Gasteiger charge is -2.31. The van der Waals surface area contributed by atoms with Crippen LogP contribution in [0.5, 0.6) is 0 Å². The number of aromatic amines is 1. The second-order valence-corrected chi connectivity index (χ2v) is 5.46. The van der Waals surface area contributed by atoms with Crippen molar-refractivity contribution >= 4 is 22.5 Å². The molecule has 1 aromatic carbocycles. The van der Waals surface area contributed by atoms with Crippen molar-refractivity contribution in [2.45, 2.75) is 32.2 Å². The number of hydrogen-bond donors (Lipinski definition) is 3. The minimum atomic E-state index is -0.0174. The molecule has 1 heterocycles. The van der Waals surface area contributed by atoms with E-state index >= 15 is 0 Å². The number of nitrogens with two attached hydrogens (primary N) is 1. The number of anilines is 1. The number of H-pyrrole nitrogens is 1. The first-order valence-electron chi connectivity index (χ1n) is 6.82. The molecule has 1 fully saturated rings. The van der Waals surface area contributed by atoms with E-state index in [1.807, 2.05) is 18.2 Å². The normalized spacial score (nSPS) is 17.1. The van der Waals surface area contributed by atoms with E-state index in [0.29, 0.717) is 17.2 Å². The van der Waals surface area contributed by atoms with Gasteiger partial charge in [-0.05, 0) is 43.9 Å².